The Morgan fingerprint density at radius 3 is 2.25 bits per heavy atom. The van der Waals surface area contributed by atoms with E-state index in [0.717, 1.165) is 5.02 Å². The summed E-state index contributed by atoms with van der Waals surface area (Å²) < 4.78 is 0. The fourth-order valence-corrected chi connectivity index (χ4v) is 0. The van der Waals surface area contributed by atoms with E-state index < -0.39 is 0 Å². The van der Waals surface area contributed by atoms with E-state index in [0.29, 0.717) is 0 Å². The Labute approximate surface area is 36.3 Å². The first-order chi connectivity index (χ1) is 1.91. The molecular formula is C3H3Zn. The van der Waals surface area contributed by atoms with Gasteiger partial charge in [0.25, 0.3) is 0 Å². The first kappa shape index (κ1) is 4.18. The summed E-state index contributed by atoms with van der Waals surface area (Å²) >= 11 is 1.23. The topological polar surface area (TPSA) is 0 Å². The average molecular weight is 104 g/mol. The quantitative estimate of drug-likeness (QED) is 0.312. The van der Waals surface area contributed by atoms with Gasteiger partial charge in [0, 0.05) is 0 Å². The van der Waals surface area contributed by atoms with E-state index in [2.05, 4.69) is 5.92 Å². The van der Waals surface area contributed by atoms with Gasteiger partial charge in [0.1, 0.15) is 0 Å². The normalized spacial score (nSPS) is 5.25. The van der Waals surface area contributed by atoms with Crippen LogP contribution in [0.4, 0.5) is 0 Å². The Balaban J connectivity index is 2.43. The van der Waals surface area contributed by atoms with Crippen molar-refractivity contribution in [1.29, 1.82) is 0 Å². The van der Waals surface area contributed by atoms with Crippen LogP contribution in [0.3, 0.4) is 0 Å². The van der Waals surface area contributed by atoms with Crippen molar-refractivity contribution in [2.24, 2.45) is 0 Å². The van der Waals surface area contributed by atoms with E-state index in [1.54, 1.807) is 0 Å². The van der Waals surface area contributed by atoms with Gasteiger partial charge in [-0.15, -0.1) is 0 Å². The molecule has 0 rings (SSSR count). The third kappa shape index (κ3) is 2.18. The molecule has 0 bridgehead atoms. The van der Waals surface area contributed by atoms with Gasteiger partial charge in [-0.3, -0.25) is 0 Å². The van der Waals surface area contributed by atoms with Crippen LogP contribution in [-0.4, -0.2) is 0 Å². The predicted molar refractivity (Wildman–Crippen MR) is 13.6 cm³/mol. The summed E-state index contributed by atoms with van der Waals surface area (Å²) in [5.41, 5.74) is 0. The third-order valence-corrected chi connectivity index (χ3v) is 0.750. The Kier molecular flexibility index (Phi) is 3.33. The Morgan fingerprint density at radius 1 is 2.00 bits per heavy atom. The van der Waals surface area contributed by atoms with Crippen molar-refractivity contribution < 1.29 is 18.3 Å². The van der Waals surface area contributed by atoms with Crippen LogP contribution in [0.15, 0.2) is 0 Å². The molecular weight excluding hydrogens is 101 g/mol. The molecule has 0 aliphatic rings. The van der Waals surface area contributed by atoms with Crippen molar-refractivity contribution >= 4 is 0 Å². The number of hydrogen-bond acceptors (Lipinski definition) is 0. The Bertz CT molecular complexity index is 33.0. The van der Waals surface area contributed by atoms with Gasteiger partial charge >= 0.3 is 35.7 Å². The molecule has 0 heterocycles. The summed E-state index contributed by atoms with van der Waals surface area (Å²) in [5.74, 6) is 2.49. The fraction of sp³-hybridized carbons (Fsp3) is 0.333. The molecule has 0 saturated carbocycles. The minimum absolute atomic E-state index is 0.972. The number of rotatable bonds is 0. The van der Waals surface area contributed by atoms with Gasteiger partial charge in [0.2, 0.25) is 0 Å². The summed E-state index contributed by atoms with van der Waals surface area (Å²) in [6.45, 7) is 0. The van der Waals surface area contributed by atoms with E-state index >= 15 is 0 Å². The van der Waals surface area contributed by atoms with Crippen LogP contribution in [0.2, 0.25) is 5.02 Å². The molecule has 0 aliphatic heterocycles. The number of hydrogen-bond donors (Lipinski definition) is 0. The van der Waals surface area contributed by atoms with Crippen LogP contribution in [0.25, 0.3) is 0 Å². The fourth-order valence-electron chi connectivity index (χ4n) is 0. The van der Waals surface area contributed by atoms with Crippen molar-refractivity contribution in [3.8, 4) is 12.3 Å². The van der Waals surface area contributed by atoms with Crippen molar-refractivity contribution in [2.45, 2.75) is 5.02 Å². The summed E-state index contributed by atoms with van der Waals surface area (Å²) in [5, 5.41) is 0.972. The molecule has 0 nitrogen and oxygen atoms in total. The van der Waals surface area contributed by atoms with E-state index in [1.807, 2.05) is 0 Å². The van der Waals surface area contributed by atoms with Gasteiger partial charge in [0.05, 0.1) is 0 Å². The molecule has 0 N–H and O–H groups in total. The molecule has 1 heteroatoms. The SMILES string of the molecule is C#C[CH2][Zn]. The standard InChI is InChI=1S/C3H3.Zn/c1-3-2;/h1H,2H2;. The van der Waals surface area contributed by atoms with Gasteiger partial charge in [-0.05, 0) is 0 Å². The molecule has 0 radical (unpaired) electrons. The average Bonchev–Trinajstić information content (AvgIpc) is 1.37. The van der Waals surface area contributed by atoms with Crippen molar-refractivity contribution in [3.63, 3.8) is 0 Å². The molecule has 0 amide bonds. The molecule has 0 aromatic heterocycles. The molecule has 0 atom stereocenters. The van der Waals surface area contributed by atoms with E-state index in [9.17, 15) is 0 Å². The molecule has 17 valence electrons. The third-order valence-electron chi connectivity index (χ3n) is 0.144. The zero-order valence-electron chi connectivity index (χ0n) is 2.49. The van der Waals surface area contributed by atoms with Crippen LogP contribution in [-0.2, 0) is 18.3 Å². The second kappa shape index (κ2) is 3.18. The summed E-state index contributed by atoms with van der Waals surface area (Å²) in [4.78, 5) is 0. The monoisotopic (exact) mass is 103 g/mol. The van der Waals surface area contributed by atoms with E-state index in [-0.39, 0.29) is 0 Å². The maximum atomic E-state index is 4.81. The first-order valence-corrected chi connectivity index (χ1v) is 3.24. The van der Waals surface area contributed by atoms with Crippen LogP contribution < -0.4 is 0 Å². The second-order valence-electron chi connectivity index (χ2n) is 0.454. The summed E-state index contributed by atoms with van der Waals surface area (Å²) in [6.07, 6.45) is 4.81. The van der Waals surface area contributed by atoms with Crippen LogP contribution >= 0.6 is 0 Å². The molecule has 0 aliphatic carbocycles. The van der Waals surface area contributed by atoms with Crippen LogP contribution in [0, 0.1) is 12.3 Å². The van der Waals surface area contributed by atoms with Crippen molar-refractivity contribution in [2.75, 3.05) is 0 Å². The molecule has 0 aromatic carbocycles. The molecule has 4 heavy (non-hydrogen) atoms. The summed E-state index contributed by atoms with van der Waals surface area (Å²) in [6, 6.07) is 0. The molecule has 0 spiro atoms. The van der Waals surface area contributed by atoms with E-state index in [1.165, 1.54) is 18.3 Å². The molecule has 0 aromatic rings. The first-order valence-electron chi connectivity index (χ1n) is 1.14. The molecule has 0 unspecified atom stereocenters. The van der Waals surface area contributed by atoms with Crippen molar-refractivity contribution in [1.82, 2.24) is 0 Å². The Hall–Kier alpha value is 0.183. The van der Waals surface area contributed by atoms with Crippen LogP contribution in [0.1, 0.15) is 0 Å². The van der Waals surface area contributed by atoms with Gasteiger partial charge in [-0.1, -0.05) is 0 Å². The summed E-state index contributed by atoms with van der Waals surface area (Å²) in [7, 11) is 0. The maximum absolute atomic E-state index is 4.81. The Morgan fingerprint density at radius 2 is 2.25 bits per heavy atom. The van der Waals surface area contributed by atoms with Gasteiger partial charge in [0.15, 0.2) is 0 Å². The van der Waals surface area contributed by atoms with Gasteiger partial charge in [-0.25, -0.2) is 0 Å². The van der Waals surface area contributed by atoms with Crippen LogP contribution in [0.5, 0.6) is 0 Å². The van der Waals surface area contributed by atoms with Gasteiger partial charge in [-0.2, -0.15) is 0 Å². The zero-order chi connectivity index (χ0) is 3.41. The minimum atomic E-state index is 0.972. The van der Waals surface area contributed by atoms with E-state index in [4.69, 9.17) is 6.42 Å². The number of terminal acetylenes is 1. The second-order valence-corrected chi connectivity index (χ2v) is 1.50. The molecule has 0 fully saturated rings. The van der Waals surface area contributed by atoms with Crippen molar-refractivity contribution in [3.05, 3.63) is 0 Å². The molecule has 0 saturated heterocycles. The predicted octanol–water partition coefficient (Wildman–Crippen LogP) is 0.585. The van der Waals surface area contributed by atoms with Gasteiger partial charge < -0.3 is 0 Å². The zero-order valence-corrected chi connectivity index (χ0v) is 5.46.